The van der Waals surface area contributed by atoms with Crippen LogP contribution >= 0.6 is 0 Å². The van der Waals surface area contributed by atoms with Crippen LogP contribution in [0, 0.1) is 13.8 Å². The Morgan fingerprint density at radius 3 is 2.67 bits per heavy atom. The lowest BCUT2D eigenvalue weighted by Gasteiger charge is -2.34. The van der Waals surface area contributed by atoms with E-state index in [9.17, 15) is 0 Å². The van der Waals surface area contributed by atoms with Gasteiger partial charge in [0.1, 0.15) is 5.71 Å². The molecule has 1 aromatic rings. The average Bonchev–Trinajstić information content (AvgIpc) is 2.96. The predicted octanol–water partition coefficient (Wildman–Crippen LogP) is 4.58. The summed E-state index contributed by atoms with van der Waals surface area (Å²) in [7, 11) is 0. The lowest BCUT2D eigenvalue weighted by atomic mass is 9.85. The maximum absolute atomic E-state index is 15.3. The summed E-state index contributed by atoms with van der Waals surface area (Å²) in [5, 5.41) is 3.56. The Morgan fingerprint density at radius 1 is 1.29 bits per heavy atom. The molecular weight excluding hydrogens is 311 g/mol. The van der Waals surface area contributed by atoms with Crippen molar-refractivity contribution in [1.82, 2.24) is 4.48 Å². The topological polar surface area (TPSA) is 56.7 Å². The molecule has 0 saturated heterocycles. The number of aromatic nitrogens is 1. The van der Waals surface area contributed by atoms with Gasteiger partial charge in [0.25, 0.3) is 0 Å². The molecule has 0 aliphatic carbocycles. The molecule has 126 valence electrons. The van der Waals surface area contributed by atoms with Crippen LogP contribution in [0.3, 0.4) is 0 Å². The molecular formula is C16H20BF2N5. The molecule has 0 atom stereocenters. The third-order valence-electron chi connectivity index (χ3n) is 4.78. The normalized spacial score (nSPS) is 18.3. The quantitative estimate of drug-likeness (QED) is 0.255. The molecule has 0 N–H and O–H groups in total. The number of fused-ring (bicyclic) bond motifs is 2. The van der Waals surface area contributed by atoms with Crippen LogP contribution in [0.15, 0.2) is 28.5 Å². The minimum absolute atomic E-state index is 0.360. The van der Waals surface area contributed by atoms with Crippen LogP contribution in [0.5, 0.6) is 0 Å². The van der Waals surface area contributed by atoms with Gasteiger partial charge in [-0.05, 0) is 56.5 Å². The van der Waals surface area contributed by atoms with Crippen molar-refractivity contribution in [3.63, 3.8) is 0 Å². The van der Waals surface area contributed by atoms with Gasteiger partial charge in [0, 0.05) is 41.3 Å². The molecule has 8 heteroatoms. The average molecular weight is 331 g/mol. The van der Waals surface area contributed by atoms with E-state index in [2.05, 4.69) is 10.0 Å². The largest absolute Gasteiger partial charge is 0.737 e. The van der Waals surface area contributed by atoms with Crippen LogP contribution < -0.4 is 0 Å². The zero-order chi connectivity index (χ0) is 17.6. The third kappa shape index (κ3) is 2.21. The van der Waals surface area contributed by atoms with E-state index in [0.29, 0.717) is 42.2 Å². The highest BCUT2D eigenvalue weighted by molar-refractivity contribution is 6.58. The zero-order valence-corrected chi connectivity index (χ0v) is 14.3. The molecule has 0 bridgehead atoms. The Hall–Kier alpha value is -2.34. The van der Waals surface area contributed by atoms with Crippen LogP contribution in [0.4, 0.5) is 8.63 Å². The van der Waals surface area contributed by atoms with Crippen LogP contribution in [0.25, 0.3) is 16.0 Å². The second-order valence-corrected chi connectivity index (χ2v) is 6.50. The monoisotopic (exact) mass is 331 g/mol. The van der Waals surface area contributed by atoms with E-state index in [1.807, 2.05) is 26.0 Å². The van der Waals surface area contributed by atoms with E-state index in [1.54, 1.807) is 13.8 Å². The van der Waals surface area contributed by atoms with Crippen LogP contribution in [-0.4, -0.2) is 28.2 Å². The molecule has 0 amide bonds. The van der Waals surface area contributed by atoms with Crippen molar-refractivity contribution in [2.75, 3.05) is 6.54 Å². The van der Waals surface area contributed by atoms with Gasteiger partial charge < -0.3 is 17.6 Å². The first-order chi connectivity index (χ1) is 11.3. The maximum Gasteiger partial charge on any atom is 0.737 e. The third-order valence-corrected chi connectivity index (χ3v) is 4.78. The highest BCUT2D eigenvalue weighted by Crippen LogP contribution is 2.42. The minimum atomic E-state index is -3.90. The number of nitrogens with zero attached hydrogens (tertiary/aromatic N) is 5. The summed E-state index contributed by atoms with van der Waals surface area (Å²) >= 11 is 0. The minimum Gasteiger partial charge on any atom is -0.394 e. The number of allylic oxidation sites excluding steroid dienone is 3. The second kappa shape index (κ2) is 5.63. The molecule has 3 rings (SSSR count). The molecule has 2 aliphatic heterocycles. The summed E-state index contributed by atoms with van der Waals surface area (Å²) in [6, 6.07) is 1.82. The number of azide groups is 1. The van der Waals surface area contributed by atoms with Gasteiger partial charge in [-0.2, -0.15) is 0 Å². The highest BCUT2D eigenvalue weighted by Gasteiger charge is 2.54. The lowest BCUT2D eigenvalue weighted by molar-refractivity contribution is -0.363. The van der Waals surface area contributed by atoms with Gasteiger partial charge in [-0.1, -0.05) is 5.11 Å². The molecule has 0 spiro atoms. The predicted molar refractivity (Wildman–Crippen MR) is 92.1 cm³/mol. The first-order valence-corrected chi connectivity index (χ1v) is 8.07. The van der Waals surface area contributed by atoms with Crippen molar-refractivity contribution in [3.05, 3.63) is 50.8 Å². The Morgan fingerprint density at radius 2 is 2.00 bits per heavy atom. The van der Waals surface area contributed by atoms with Crippen LogP contribution in [0.2, 0.25) is 0 Å². The van der Waals surface area contributed by atoms with Crippen molar-refractivity contribution in [2.45, 2.75) is 40.5 Å². The Kier molecular flexibility index (Phi) is 3.88. The van der Waals surface area contributed by atoms with Crippen LogP contribution in [0.1, 0.15) is 43.6 Å². The summed E-state index contributed by atoms with van der Waals surface area (Å²) in [5.41, 5.74) is 13.4. The zero-order valence-electron chi connectivity index (χ0n) is 14.3. The van der Waals surface area contributed by atoms with E-state index in [-0.39, 0.29) is 0 Å². The van der Waals surface area contributed by atoms with E-state index < -0.39 is 6.97 Å². The number of rotatable bonds is 4. The van der Waals surface area contributed by atoms with E-state index >= 15 is 8.63 Å². The van der Waals surface area contributed by atoms with Crippen molar-refractivity contribution in [2.24, 2.45) is 5.11 Å². The smallest absolute Gasteiger partial charge is 0.394 e. The molecule has 0 radical (unpaired) electrons. The number of aryl methyl sites for hydroxylation is 2. The molecule has 0 unspecified atom stereocenters. The Balaban J connectivity index is 2.23. The van der Waals surface area contributed by atoms with Gasteiger partial charge in [-0.25, -0.2) is 0 Å². The van der Waals surface area contributed by atoms with Gasteiger partial charge in [0.15, 0.2) is 5.70 Å². The summed E-state index contributed by atoms with van der Waals surface area (Å²) in [5.74, 6) is 0. The fourth-order valence-corrected chi connectivity index (χ4v) is 4.04. The number of hydrogen-bond acceptors (Lipinski definition) is 1. The van der Waals surface area contributed by atoms with E-state index in [0.717, 1.165) is 16.7 Å². The van der Waals surface area contributed by atoms with Crippen molar-refractivity contribution in [3.8, 4) is 0 Å². The molecule has 0 aromatic carbocycles. The fourth-order valence-electron chi connectivity index (χ4n) is 4.04. The molecule has 1 aromatic heterocycles. The molecule has 5 nitrogen and oxygen atoms in total. The van der Waals surface area contributed by atoms with Gasteiger partial charge in [-0.3, -0.25) is 0 Å². The molecule has 0 saturated carbocycles. The summed E-state index contributed by atoms with van der Waals surface area (Å²) in [6.07, 6.45) is 3.04. The molecule has 2 aliphatic rings. The van der Waals surface area contributed by atoms with Crippen molar-refractivity contribution in [1.29, 1.82) is 0 Å². The maximum atomic E-state index is 15.3. The molecule has 24 heavy (non-hydrogen) atoms. The SMILES string of the molecule is CC1=CC(C)=[N+]2C1=C(CCCN=[N+]=[N-])c1c(C)cc(C)n1[B-]2(F)F. The van der Waals surface area contributed by atoms with Gasteiger partial charge in [0.05, 0.1) is 0 Å². The number of halogens is 2. The van der Waals surface area contributed by atoms with Gasteiger partial charge >= 0.3 is 6.97 Å². The summed E-state index contributed by atoms with van der Waals surface area (Å²) in [4.78, 5) is 2.76. The van der Waals surface area contributed by atoms with E-state index in [1.165, 1.54) is 8.96 Å². The van der Waals surface area contributed by atoms with Crippen LogP contribution in [-0.2, 0) is 0 Å². The first kappa shape index (κ1) is 16.5. The standard InChI is InChI=1S/C16H20BF2N5/c1-10-8-12(3)23-15(10)14(6-5-7-21-22-20)16-11(2)9-13(4)24(16)17(23,18)19/h8-9H,5-7H2,1-4H3. The van der Waals surface area contributed by atoms with E-state index in [4.69, 9.17) is 5.53 Å². The molecule has 0 fully saturated rings. The summed E-state index contributed by atoms with van der Waals surface area (Å²) < 4.78 is 32.9. The molecule has 3 heterocycles. The summed E-state index contributed by atoms with van der Waals surface area (Å²) in [6.45, 7) is 3.65. The Bertz CT molecular complexity index is 869. The van der Waals surface area contributed by atoms with Gasteiger partial charge in [-0.15, -0.1) is 0 Å². The van der Waals surface area contributed by atoms with Crippen molar-refractivity contribution >= 4 is 18.3 Å². The second-order valence-electron chi connectivity index (χ2n) is 6.50. The first-order valence-electron chi connectivity index (χ1n) is 8.07. The fraction of sp³-hybridized carbons (Fsp3) is 0.438. The van der Waals surface area contributed by atoms with Gasteiger partial charge in [0.2, 0.25) is 0 Å². The van der Waals surface area contributed by atoms with Crippen molar-refractivity contribution < 1.29 is 13.1 Å². The Labute approximate surface area is 139 Å². The number of hydrogen-bond donors (Lipinski definition) is 0. The highest BCUT2D eigenvalue weighted by atomic mass is 19.2. The lowest BCUT2D eigenvalue weighted by Crippen LogP contribution is -2.51.